The number of ether oxygens (including phenoxy) is 1. The number of hydrogen-bond acceptors (Lipinski definition) is 3. The van der Waals surface area contributed by atoms with Crippen molar-refractivity contribution >= 4 is 16.9 Å². The second-order valence-electron chi connectivity index (χ2n) is 7.32. The average Bonchev–Trinajstić information content (AvgIpc) is 3.29. The lowest BCUT2D eigenvalue weighted by atomic mass is 9.88. The van der Waals surface area contributed by atoms with Crippen LogP contribution in [0.4, 0.5) is 0 Å². The molecule has 1 atom stereocenters. The third-order valence-corrected chi connectivity index (χ3v) is 5.51. The van der Waals surface area contributed by atoms with Crippen LogP contribution in [0.2, 0.25) is 0 Å². The van der Waals surface area contributed by atoms with E-state index in [-0.39, 0.29) is 12.0 Å². The molecule has 2 aromatic rings. The lowest BCUT2D eigenvalue weighted by molar-refractivity contribution is -0.122. The Labute approximate surface area is 148 Å². The van der Waals surface area contributed by atoms with Crippen LogP contribution in [0.5, 0.6) is 0 Å². The maximum atomic E-state index is 12.5. The maximum absolute atomic E-state index is 12.5. The van der Waals surface area contributed by atoms with E-state index >= 15 is 0 Å². The van der Waals surface area contributed by atoms with Gasteiger partial charge in [0.1, 0.15) is 12.4 Å². The highest BCUT2D eigenvalue weighted by Gasteiger charge is 2.24. The number of rotatable bonds is 5. The number of benzene rings is 1. The summed E-state index contributed by atoms with van der Waals surface area (Å²) >= 11 is 0. The minimum Gasteiger partial charge on any atom is -0.376 e. The number of nitrogens with zero attached hydrogens (tertiary/aromatic N) is 2. The van der Waals surface area contributed by atoms with Crippen LogP contribution >= 0.6 is 0 Å². The number of nitrogens with one attached hydrogen (secondary N) is 1. The second-order valence-corrected chi connectivity index (χ2v) is 7.32. The van der Waals surface area contributed by atoms with Crippen molar-refractivity contribution in [1.29, 1.82) is 0 Å². The molecule has 0 bridgehead atoms. The topological polar surface area (TPSA) is 56.2 Å². The molecule has 1 N–H and O–H groups in total. The van der Waals surface area contributed by atoms with Gasteiger partial charge >= 0.3 is 0 Å². The lowest BCUT2D eigenvalue weighted by Crippen LogP contribution is -2.34. The number of aromatic nitrogens is 2. The summed E-state index contributed by atoms with van der Waals surface area (Å²) in [7, 11) is 0. The molecule has 1 amide bonds. The molecule has 2 aliphatic rings. The van der Waals surface area contributed by atoms with E-state index in [9.17, 15) is 4.79 Å². The first kappa shape index (κ1) is 16.6. The summed E-state index contributed by atoms with van der Waals surface area (Å²) in [5, 5.41) is 3.05. The third kappa shape index (κ3) is 3.71. The smallest absolute Gasteiger partial charge is 0.240 e. The van der Waals surface area contributed by atoms with Gasteiger partial charge in [0.05, 0.1) is 17.1 Å². The number of imidazole rings is 1. The van der Waals surface area contributed by atoms with Crippen LogP contribution in [0.25, 0.3) is 11.0 Å². The first-order valence-electron chi connectivity index (χ1n) is 9.65. The largest absolute Gasteiger partial charge is 0.376 e. The molecular formula is C20H27N3O2. The molecular weight excluding hydrogens is 314 g/mol. The minimum absolute atomic E-state index is 0.0516. The van der Waals surface area contributed by atoms with Gasteiger partial charge in [0.15, 0.2) is 0 Å². The molecule has 2 heterocycles. The molecule has 0 radical (unpaired) electrons. The van der Waals surface area contributed by atoms with Crippen LogP contribution in [0.15, 0.2) is 24.3 Å². The number of carbonyl (C=O) groups is 1. The van der Waals surface area contributed by atoms with E-state index in [0.29, 0.717) is 19.0 Å². The third-order valence-electron chi connectivity index (χ3n) is 5.51. The van der Waals surface area contributed by atoms with Crippen molar-refractivity contribution in [3.8, 4) is 0 Å². The average molecular weight is 341 g/mol. The van der Waals surface area contributed by atoms with Crippen molar-refractivity contribution < 1.29 is 9.53 Å². The molecule has 2 fully saturated rings. The molecule has 1 saturated heterocycles. The summed E-state index contributed by atoms with van der Waals surface area (Å²) in [6.45, 7) is 1.78. The first-order chi connectivity index (χ1) is 12.3. The molecule has 1 saturated carbocycles. The van der Waals surface area contributed by atoms with Crippen molar-refractivity contribution in [2.45, 2.75) is 63.5 Å². The van der Waals surface area contributed by atoms with Crippen LogP contribution in [-0.2, 0) is 16.1 Å². The Kier molecular flexibility index (Phi) is 5.02. The Balaban J connectivity index is 1.52. The molecule has 1 aliphatic carbocycles. The van der Waals surface area contributed by atoms with E-state index in [1.807, 2.05) is 18.2 Å². The van der Waals surface area contributed by atoms with Crippen LogP contribution in [0.1, 0.15) is 56.7 Å². The van der Waals surface area contributed by atoms with Crippen LogP contribution in [-0.4, -0.2) is 34.7 Å². The van der Waals surface area contributed by atoms with E-state index in [0.717, 1.165) is 36.3 Å². The SMILES string of the molecule is O=C(Cn1c(C2CCCCC2)nc2ccccc21)NCC1CCCO1. The fraction of sp³-hybridized carbons (Fsp3) is 0.600. The van der Waals surface area contributed by atoms with E-state index in [1.165, 1.54) is 32.1 Å². The Hall–Kier alpha value is -1.88. The Morgan fingerprint density at radius 3 is 2.80 bits per heavy atom. The number of carbonyl (C=O) groups excluding carboxylic acids is 1. The van der Waals surface area contributed by atoms with Crippen LogP contribution < -0.4 is 5.32 Å². The van der Waals surface area contributed by atoms with E-state index in [1.54, 1.807) is 0 Å². The van der Waals surface area contributed by atoms with Crippen molar-refractivity contribution in [2.75, 3.05) is 13.2 Å². The highest BCUT2D eigenvalue weighted by Crippen LogP contribution is 2.33. The second kappa shape index (κ2) is 7.56. The minimum atomic E-state index is 0.0516. The summed E-state index contributed by atoms with van der Waals surface area (Å²) in [6.07, 6.45) is 8.53. The number of amides is 1. The van der Waals surface area contributed by atoms with Crippen molar-refractivity contribution in [3.05, 3.63) is 30.1 Å². The molecule has 5 nitrogen and oxygen atoms in total. The molecule has 134 valence electrons. The zero-order chi connectivity index (χ0) is 17.1. The van der Waals surface area contributed by atoms with Crippen LogP contribution in [0.3, 0.4) is 0 Å². The quantitative estimate of drug-likeness (QED) is 0.907. The summed E-state index contributed by atoms with van der Waals surface area (Å²) in [5.74, 6) is 1.62. The summed E-state index contributed by atoms with van der Waals surface area (Å²) in [6, 6.07) is 8.15. The van der Waals surface area contributed by atoms with E-state index in [4.69, 9.17) is 9.72 Å². The van der Waals surface area contributed by atoms with Crippen molar-refractivity contribution in [1.82, 2.24) is 14.9 Å². The monoisotopic (exact) mass is 341 g/mol. The van der Waals surface area contributed by atoms with Gasteiger partial charge in [-0.05, 0) is 37.8 Å². The van der Waals surface area contributed by atoms with Gasteiger partial charge in [0.2, 0.25) is 5.91 Å². The van der Waals surface area contributed by atoms with E-state index in [2.05, 4.69) is 16.0 Å². The van der Waals surface area contributed by atoms with Crippen molar-refractivity contribution in [2.24, 2.45) is 0 Å². The fourth-order valence-corrected chi connectivity index (χ4v) is 4.17. The zero-order valence-corrected chi connectivity index (χ0v) is 14.7. The Morgan fingerprint density at radius 1 is 1.16 bits per heavy atom. The van der Waals surface area contributed by atoms with Gasteiger partial charge in [-0.2, -0.15) is 0 Å². The first-order valence-corrected chi connectivity index (χ1v) is 9.65. The highest BCUT2D eigenvalue weighted by molar-refractivity contribution is 5.81. The zero-order valence-electron chi connectivity index (χ0n) is 14.7. The molecule has 5 heteroatoms. The fourth-order valence-electron chi connectivity index (χ4n) is 4.17. The molecule has 1 unspecified atom stereocenters. The number of fused-ring (bicyclic) bond motifs is 1. The molecule has 0 spiro atoms. The van der Waals surface area contributed by atoms with Crippen molar-refractivity contribution in [3.63, 3.8) is 0 Å². The standard InChI is InChI=1S/C20H27N3O2/c24-19(21-13-16-9-6-12-25-16)14-23-18-11-5-4-10-17(18)22-20(23)15-7-2-1-3-8-15/h4-5,10-11,15-16H,1-3,6-9,12-14H2,(H,21,24). The summed E-state index contributed by atoms with van der Waals surface area (Å²) in [4.78, 5) is 17.4. The molecule has 25 heavy (non-hydrogen) atoms. The normalized spacial score (nSPS) is 21.7. The van der Waals surface area contributed by atoms with Gasteiger partial charge in [0, 0.05) is 19.1 Å². The van der Waals surface area contributed by atoms with Gasteiger partial charge < -0.3 is 14.6 Å². The van der Waals surface area contributed by atoms with Crippen LogP contribution in [0, 0.1) is 0 Å². The summed E-state index contributed by atoms with van der Waals surface area (Å²) in [5.41, 5.74) is 2.06. The van der Waals surface area contributed by atoms with Gasteiger partial charge in [-0.3, -0.25) is 4.79 Å². The van der Waals surface area contributed by atoms with E-state index < -0.39 is 0 Å². The number of para-hydroxylation sites is 2. The van der Waals surface area contributed by atoms with Gasteiger partial charge in [-0.1, -0.05) is 31.4 Å². The highest BCUT2D eigenvalue weighted by atomic mass is 16.5. The molecule has 1 aromatic carbocycles. The van der Waals surface area contributed by atoms with Gasteiger partial charge in [-0.15, -0.1) is 0 Å². The molecule has 1 aliphatic heterocycles. The number of hydrogen-bond donors (Lipinski definition) is 1. The predicted molar refractivity (Wildman–Crippen MR) is 97.5 cm³/mol. The maximum Gasteiger partial charge on any atom is 0.240 e. The molecule has 4 rings (SSSR count). The molecule has 1 aromatic heterocycles. The lowest BCUT2D eigenvalue weighted by Gasteiger charge is -2.22. The summed E-state index contributed by atoms with van der Waals surface area (Å²) < 4.78 is 7.73. The van der Waals surface area contributed by atoms with Gasteiger partial charge in [0.25, 0.3) is 0 Å². The van der Waals surface area contributed by atoms with Gasteiger partial charge in [-0.25, -0.2) is 4.98 Å². The Morgan fingerprint density at radius 2 is 2.00 bits per heavy atom. The predicted octanol–water partition coefficient (Wildman–Crippen LogP) is 3.38. The Bertz CT molecular complexity index is 728.